The maximum atomic E-state index is 10.9. The third-order valence-corrected chi connectivity index (χ3v) is 3.18. The number of ether oxygens (including phenoxy) is 1. The Labute approximate surface area is 110 Å². The minimum atomic E-state index is -1.05. The van der Waals surface area contributed by atoms with Crippen LogP contribution in [0.25, 0.3) is 0 Å². The first kappa shape index (κ1) is 13.1. The number of hydrogen-bond donors (Lipinski definition) is 2. The van der Waals surface area contributed by atoms with Crippen LogP contribution in [0.15, 0.2) is 12.3 Å². The molecule has 1 aliphatic heterocycles. The van der Waals surface area contributed by atoms with E-state index < -0.39 is 5.97 Å². The monoisotopic (exact) mass is 270 g/mol. The van der Waals surface area contributed by atoms with Crippen molar-refractivity contribution in [3.8, 4) is 0 Å². The average molecular weight is 271 g/mol. The molecular formula is C12H15ClN2O3. The van der Waals surface area contributed by atoms with Gasteiger partial charge in [0, 0.05) is 19.3 Å². The lowest BCUT2D eigenvalue weighted by Gasteiger charge is -2.11. The maximum absolute atomic E-state index is 10.9. The first-order chi connectivity index (χ1) is 8.66. The smallest absolute Gasteiger partial charge is 0.337 e. The highest BCUT2D eigenvalue weighted by Gasteiger charge is 2.15. The molecule has 5 nitrogen and oxygen atoms in total. The van der Waals surface area contributed by atoms with Gasteiger partial charge in [-0.2, -0.15) is 0 Å². The number of aromatic nitrogens is 1. The molecule has 6 heteroatoms. The summed E-state index contributed by atoms with van der Waals surface area (Å²) in [7, 11) is 0. The molecule has 0 spiro atoms. The summed E-state index contributed by atoms with van der Waals surface area (Å²) in [5.74, 6) is -0.528. The van der Waals surface area contributed by atoms with E-state index in [4.69, 9.17) is 21.4 Å². The van der Waals surface area contributed by atoms with Crippen LogP contribution in [0.3, 0.4) is 0 Å². The van der Waals surface area contributed by atoms with Gasteiger partial charge in [-0.1, -0.05) is 11.6 Å². The van der Waals surface area contributed by atoms with Crippen molar-refractivity contribution in [1.29, 1.82) is 0 Å². The molecule has 0 bridgehead atoms. The zero-order chi connectivity index (χ0) is 13.0. The molecule has 1 atom stereocenters. The Morgan fingerprint density at radius 1 is 1.67 bits per heavy atom. The van der Waals surface area contributed by atoms with Crippen LogP contribution in [0, 0.1) is 0 Å². The number of rotatable bonds is 5. The number of aromatic carboxylic acids is 1. The Morgan fingerprint density at radius 3 is 3.17 bits per heavy atom. The lowest BCUT2D eigenvalue weighted by molar-refractivity contribution is 0.0697. The summed E-state index contributed by atoms with van der Waals surface area (Å²) >= 11 is 5.74. The van der Waals surface area contributed by atoms with Gasteiger partial charge in [-0.05, 0) is 25.3 Å². The van der Waals surface area contributed by atoms with Crippen LogP contribution in [0.5, 0.6) is 0 Å². The molecule has 0 amide bonds. The second kappa shape index (κ2) is 6.02. The summed E-state index contributed by atoms with van der Waals surface area (Å²) in [6, 6.07) is 1.44. The fraction of sp³-hybridized carbons (Fsp3) is 0.500. The predicted molar refractivity (Wildman–Crippen MR) is 68.3 cm³/mol. The Balaban J connectivity index is 1.88. The van der Waals surface area contributed by atoms with Gasteiger partial charge in [-0.3, -0.25) is 0 Å². The SMILES string of the molecule is O=C(O)c1cc(NCCC2CCCO2)ncc1Cl. The van der Waals surface area contributed by atoms with E-state index in [1.54, 1.807) is 0 Å². The molecule has 2 heterocycles. The van der Waals surface area contributed by atoms with E-state index in [1.165, 1.54) is 12.3 Å². The fourth-order valence-electron chi connectivity index (χ4n) is 1.93. The molecule has 2 N–H and O–H groups in total. The third kappa shape index (κ3) is 3.34. The molecule has 18 heavy (non-hydrogen) atoms. The molecule has 98 valence electrons. The number of pyridine rings is 1. The van der Waals surface area contributed by atoms with Gasteiger partial charge in [0.25, 0.3) is 0 Å². The second-order valence-electron chi connectivity index (χ2n) is 4.21. The molecule has 0 saturated carbocycles. The van der Waals surface area contributed by atoms with Crippen molar-refractivity contribution in [2.45, 2.75) is 25.4 Å². The number of nitrogens with zero attached hydrogens (tertiary/aromatic N) is 1. The van der Waals surface area contributed by atoms with Crippen molar-refractivity contribution in [3.05, 3.63) is 22.8 Å². The van der Waals surface area contributed by atoms with E-state index in [0.717, 1.165) is 25.9 Å². The zero-order valence-electron chi connectivity index (χ0n) is 9.86. The van der Waals surface area contributed by atoms with Gasteiger partial charge < -0.3 is 15.2 Å². The Hall–Kier alpha value is -1.33. The first-order valence-corrected chi connectivity index (χ1v) is 6.29. The van der Waals surface area contributed by atoms with Crippen LogP contribution in [0.4, 0.5) is 5.82 Å². The summed E-state index contributed by atoms with van der Waals surface area (Å²) in [6.45, 7) is 1.55. The van der Waals surface area contributed by atoms with Gasteiger partial charge >= 0.3 is 5.97 Å². The van der Waals surface area contributed by atoms with Gasteiger partial charge in [0.05, 0.1) is 16.7 Å². The van der Waals surface area contributed by atoms with Crippen LogP contribution in [0.2, 0.25) is 5.02 Å². The number of halogens is 1. The van der Waals surface area contributed by atoms with E-state index in [0.29, 0.717) is 18.5 Å². The molecular weight excluding hydrogens is 256 g/mol. The largest absolute Gasteiger partial charge is 0.478 e. The number of carboxylic acids is 1. The summed E-state index contributed by atoms with van der Waals surface area (Å²) in [4.78, 5) is 14.9. The van der Waals surface area contributed by atoms with Crippen LogP contribution in [-0.2, 0) is 4.74 Å². The minimum absolute atomic E-state index is 0.0614. The predicted octanol–water partition coefficient (Wildman–Crippen LogP) is 2.41. The van der Waals surface area contributed by atoms with Gasteiger partial charge in [0.15, 0.2) is 0 Å². The number of carboxylic acid groups (broad SMARTS) is 1. The summed E-state index contributed by atoms with van der Waals surface area (Å²) in [6.07, 6.45) is 4.76. The zero-order valence-corrected chi connectivity index (χ0v) is 10.6. The topological polar surface area (TPSA) is 71.5 Å². The summed E-state index contributed by atoms with van der Waals surface area (Å²) in [5.41, 5.74) is 0.0614. The minimum Gasteiger partial charge on any atom is -0.478 e. The van der Waals surface area contributed by atoms with Gasteiger partial charge in [0.1, 0.15) is 5.82 Å². The Bertz CT molecular complexity index is 433. The highest BCUT2D eigenvalue weighted by atomic mass is 35.5. The molecule has 0 radical (unpaired) electrons. The maximum Gasteiger partial charge on any atom is 0.337 e. The second-order valence-corrected chi connectivity index (χ2v) is 4.61. The lowest BCUT2D eigenvalue weighted by atomic mass is 10.2. The average Bonchev–Trinajstić information content (AvgIpc) is 2.84. The van der Waals surface area contributed by atoms with E-state index in [1.807, 2.05) is 0 Å². The highest BCUT2D eigenvalue weighted by molar-refractivity contribution is 6.33. The lowest BCUT2D eigenvalue weighted by Crippen LogP contribution is -2.13. The molecule has 1 aliphatic rings. The first-order valence-electron chi connectivity index (χ1n) is 5.91. The normalized spacial score (nSPS) is 18.8. The van der Waals surface area contributed by atoms with Crippen LogP contribution < -0.4 is 5.32 Å². The molecule has 0 aromatic carbocycles. The molecule has 1 saturated heterocycles. The molecule has 2 rings (SSSR count). The molecule has 1 fully saturated rings. The Morgan fingerprint density at radius 2 is 2.50 bits per heavy atom. The molecule has 1 aromatic heterocycles. The van der Waals surface area contributed by atoms with E-state index in [2.05, 4.69) is 10.3 Å². The molecule has 1 unspecified atom stereocenters. The third-order valence-electron chi connectivity index (χ3n) is 2.88. The molecule has 1 aromatic rings. The van der Waals surface area contributed by atoms with Crippen LogP contribution in [0.1, 0.15) is 29.6 Å². The van der Waals surface area contributed by atoms with E-state index in [9.17, 15) is 4.79 Å². The van der Waals surface area contributed by atoms with Crippen molar-refractivity contribution >= 4 is 23.4 Å². The summed E-state index contributed by atoms with van der Waals surface area (Å²) < 4.78 is 5.50. The van der Waals surface area contributed by atoms with Gasteiger partial charge in [-0.25, -0.2) is 9.78 Å². The number of carbonyl (C=O) groups is 1. The van der Waals surface area contributed by atoms with Gasteiger partial charge in [-0.15, -0.1) is 0 Å². The van der Waals surface area contributed by atoms with Crippen molar-refractivity contribution < 1.29 is 14.6 Å². The number of anilines is 1. The van der Waals surface area contributed by atoms with Crippen molar-refractivity contribution in [2.75, 3.05) is 18.5 Å². The highest BCUT2D eigenvalue weighted by Crippen LogP contribution is 2.19. The van der Waals surface area contributed by atoms with Gasteiger partial charge in [0.2, 0.25) is 0 Å². The standard InChI is InChI=1S/C12H15ClN2O3/c13-10-7-15-11(6-9(10)12(16)17)14-4-3-8-2-1-5-18-8/h6-8H,1-5H2,(H,14,15)(H,16,17). The Kier molecular flexibility index (Phi) is 4.38. The van der Waals surface area contributed by atoms with E-state index in [-0.39, 0.29) is 10.6 Å². The van der Waals surface area contributed by atoms with Crippen molar-refractivity contribution in [3.63, 3.8) is 0 Å². The van der Waals surface area contributed by atoms with Crippen LogP contribution >= 0.6 is 11.6 Å². The molecule has 0 aliphatic carbocycles. The number of nitrogens with one attached hydrogen (secondary N) is 1. The van der Waals surface area contributed by atoms with E-state index >= 15 is 0 Å². The quantitative estimate of drug-likeness (QED) is 0.860. The van der Waals surface area contributed by atoms with Crippen molar-refractivity contribution in [1.82, 2.24) is 4.98 Å². The van der Waals surface area contributed by atoms with Crippen molar-refractivity contribution in [2.24, 2.45) is 0 Å². The fourth-order valence-corrected chi connectivity index (χ4v) is 2.12. The number of hydrogen-bond acceptors (Lipinski definition) is 4. The van der Waals surface area contributed by atoms with Crippen LogP contribution in [-0.4, -0.2) is 35.3 Å². The summed E-state index contributed by atoms with van der Waals surface area (Å²) in [5, 5.41) is 12.2.